The zero-order chi connectivity index (χ0) is 12.4. The van der Waals surface area contributed by atoms with Crippen molar-refractivity contribution in [2.45, 2.75) is 27.2 Å². The highest BCUT2D eigenvalue weighted by atomic mass is 32.2. The maximum Gasteiger partial charge on any atom is 0.229 e. The van der Waals surface area contributed by atoms with Gasteiger partial charge in [0.15, 0.2) is 0 Å². The van der Waals surface area contributed by atoms with Gasteiger partial charge in [-0.25, -0.2) is 8.42 Å². The topological polar surface area (TPSA) is 46.2 Å². The van der Waals surface area contributed by atoms with Gasteiger partial charge in [0.1, 0.15) is 0 Å². The molecular weight excluding hydrogens is 222 g/mol. The van der Waals surface area contributed by atoms with Crippen LogP contribution in [0.3, 0.4) is 0 Å². The molecule has 0 amide bonds. The highest BCUT2D eigenvalue weighted by molar-refractivity contribution is 7.92. The van der Waals surface area contributed by atoms with Crippen LogP contribution in [0, 0.1) is 5.41 Å². The fourth-order valence-corrected chi connectivity index (χ4v) is 2.08. The summed E-state index contributed by atoms with van der Waals surface area (Å²) in [5.41, 5.74) is 2.07. The molecule has 3 nitrogen and oxygen atoms in total. The number of hydrogen-bond acceptors (Lipinski definition) is 2. The molecule has 0 spiro atoms. The Morgan fingerprint density at radius 3 is 2.00 bits per heavy atom. The van der Waals surface area contributed by atoms with E-state index in [9.17, 15) is 8.42 Å². The van der Waals surface area contributed by atoms with E-state index in [4.69, 9.17) is 0 Å². The summed E-state index contributed by atoms with van der Waals surface area (Å²) in [6, 6.07) is 7.50. The summed E-state index contributed by atoms with van der Waals surface area (Å²) >= 11 is 0. The fraction of sp³-hybridized carbons (Fsp3) is 0.500. The molecule has 0 fully saturated rings. The molecule has 0 saturated heterocycles. The van der Waals surface area contributed by atoms with E-state index in [2.05, 4.69) is 25.5 Å². The number of rotatable bonds is 3. The van der Waals surface area contributed by atoms with Crippen LogP contribution in [-0.2, 0) is 16.4 Å². The average Bonchev–Trinajstić information content (AvgIpc) is 2.03. The van der Waals surface area contributed by atoms with E-state index < -0.39 is 10.0 Å². The molecule has 1 aromatic carbocycles. The zero-order valence-corrected chi connectivity index (χ0v) is 11.1. The van der Waals surface area contributed by atoms with Crippen molar-refractivity contribution in [3.8, 4) is 0 Å². The average molecular weight is 241 g/mol. The van der Waals surface area contributed by atoms with E-state index in [-0.39, 0.29) is 5.41 Å². The standard InChI is InChI=1S/C12H19NO2S/c1-12(2,3)9-10-5-7-11(8-6-10)13-16(4,14)15/h5-8,13H,9H2,1-4H3. The Balaban J connectivity index is 2.76. The third-order valence-corrected chi connectivity index (χ3v) is 2.60. The zero-order valence-electron chi connectivity index (χ0n) is 10.2. The van der Waals surface area contributed by atoms with Gasteiger partial charge >= 0.3 is 0 Å². The summed E-state index contributed by atoms with van der Waals surface area (Å²) < 4.78 is 24.4. The van der Waals surface area contributed by atoms with Gasteiger partial charge in [0, 0.05) is 5.69 Å². The summed E-state index contributed by atoms with van der Waals surface area (Å²) in [7, 11) is -3.18. The van der Waals surface area contributed by atoms with Crippen molar-refractivity contribution in [1.29, 1.82) is 0 Å². The molecule has 0 aliphatic rings. The van der Waals surface area contributed by atoms with Crippen molar-refractivity contribution in [1.82, 2.24) is 0 Å². The van der Waals surface area contributed by atoms with Crippen LogP contribution in [0.25, 0.3) is 0 Å². The lowest BCUT2D eigenvalue weighted by atomic mass is 9.88. The first kappa shape index (κ1) is 13.0. The van der Waals surface area contributed by atoms with Crippen molar-refractivity contribution in [3.63, 3.8) is 0 Å². The Morgan fingerprint density at radius 1 is 1.12 bits per heavy atom. The Labute approximate surface area is 97.9 Å². The third kappa shape index (κ3) is 5.16. The summed E-state index contributed by atoms with van der Waals surface area (Å²) in [6.07, 6.45) is 2.13. The van der Waals surface area contributed by atoms with Crippen LogP contribution in [-0.4, -0.2) is 14.7 Å². The number of nitrogens with one attached hydrogen (secondary N) is 1. The first-order valence-electron chi connectivity index (χ1n) is 5.22. The molecule has 0 saturated carbocycles. The quantitative estimate of drug-likeness (QED) is 0.884. The van der Waals surface area contributed by atoms with Crippen LogP contribution in [0.4, 0.5) is 5.69 Å². The molecule has 0 aliphatic carbocycles. The maximum atomic E-state index is 11.0. The first-order valence-corrected chi connectivity index (χ1v) is 7.12. The molecule has 0 aliphatic heterocycles. The van der Waals surface area contributed by atoms with Gasteiger partial charge < -0.3 is 0 Å². The van der Waals surface area contributed by atoms with Gasteiger partial charge in [0.2, 0.25) is 10.0 Å². The van der Waals surface area contributed by atoms with Crippen LogP contribution >= 0.6 is 0 Å². The molecule has 4 heteroatoms. The molecular formula is C12H19NO2S. The first-order chi connectivity index (χ1) is 7.16. The lowest BCUT2D eigenvalue weighted by Gasteiger charge is -2.18. The van der Waals surface area contributed by atoms with Crippen LogP contribution in [0.2, 0.25) is 0 Å². The van der Waals surface area contributed by atoms with Gasteiger partial charge in [-0.2, -0.15) is 0 Å². The number of hydrogen-bond donors (Lipinski definition) is 1. The van der Waals surface area contributed by atoms with Crippen molar-refractivity contribution in [3.05, 3.63) is 29.8 Å². The summed E-state index contributed by atoms with van der Waals surface area (Å²) in [4.78, 5) is 0. The second-order valence-electron chi connectivity index (χ2n) is 5.31. The SMILES string of the molecule is CC(C)(C)Cc1ccc(NS(C)(=O)=O)cc1. The Hall–Kier alpha value is -1.03. The van der Waals surface area contributed by atoms with Crippen molar-refractivity contribution in [2.75, 3.05) is 11.0 Å². The van der Waals surface area contributed by atoms with Crippen molar-refractivity contribution < 1.29 is 8.42 Å². The molecule has 0 aromatic heterocycles. The predicted molar refractivity (Wildman–Crippen MR) is 68.1 cm³/mol. The summed E-state index contributed by atoms with van der Waals surface area (Å²) in [5.74, 6) is 0. The van der Waals surface area contributed by atoms with Gasteiger partial charge in [-0.3, -0.25) is 4.72 Å². The van der Waals surface area contributed by atoms with E-state index in [1.807, 2.05) is 12.1 Å². The van der Waals surface area contributed by atoms with E-state index >= 15 is 0 Å². The van der Waals surface area contributed by atoms with Gasteiger partial charge in [0.05, 0.1) is 6.26 Å². The van der Waals surface area contributed by atoms with Gasteiger partial charge in [-0.1, -0.05) is 32.9 Å². The van der Waals surface area contributed by atoms with Gasteiger partial charge in [-0.05, 0) is 29.5 Å². The number of anilines is 1. The molecule has 16 heavy (non-hydrogen) atoms. The normalized spacial score (nSPS) is 12.5. The van der Waals surface area contributed by atoms with E-state index in [1.54, 1.807) is 12.1 Å². The van der Waals surface area contributed by atoms with Crippen molar-refractivity contribution >= 4 is 15.7 Å². The highest BCUT2D eigenvalue weighted by Crippen LogP contribution is 2.21. The maximum absolute atomic E-state index is 11.0. The second kappa shape index (κ2) is 4.45. The molecule has 1 aromatic rings. The van der Waals surface area contributed by atoms with E-state index in [0.717, 1.165) is 12.7 Å². The minimum Gasteiger partial charge on any atom is -0.284 e. The molecule has 0 radical (unpaired) electrons. The van der Waals surface area contributed by atoms with Gasteiger partial charge in [-0.15, -0.1) is 0 Å². The monoisotopic (exact) mass is 241 g/mol. The summed E-state index contributed by atoms with van der Waals surface area (Å²) in [5, 5.41) is 0. The van der Waals surface area contributed by atoms with E-state index in [0.29, 0.717) is 5.69 Å². The second-order valence-corrected chi connectivity index (χ2v) is 7.06. The molecule has 0 bridgehead atoms. The molecule has 0 heterocycles. The van der Waals surface area contributed by atoms with Gasteiger partial charge in [0.25, 0.3) is 0 Å². The fourth-order valence-electron chi connectivity index (χ4n) is 1.52. The van der Waals surface area contributed by atoms with Crippen molar-refractivity contribution in [2.24, 2.45) is 5.41 Å². The molecule has 0 atom stereocenters. The minimum absolute atomic E-state index is 0.242. The lowest BCUT2D eigenvalue weighted by Crippen LogP contribution is -2.11. The Morgan fingerprint density at radius 2 is 1.62 bits per heavy atom. The molecule has 1 N–H and O–H groups in total. The van der Waals surface area contributed by atoms with Crippen LogP contribution < -0.4 is 4.72 Å². The van der Waals surface area contributed by atoms with E-state index in [1.165, 1.54) is 5.56 Å². The molecule has 1 rings (SSSR count). The number of sulfonamides is 1. The minimum atomic E-state index is -3.18. The Bertz CT molecular complexity index is 441. The highest BCUT2D eigenvalue weighted by Gasteiger charge is 2.11. The van der Waals surface area contributed by atoms with Crippen LogP contribution in [0.1, 0.15) is 26.3 Å². The number of benzene rings is 1. The molecule has 90 valence electrons. The Kier molecular flexibility index (Phi) is 3.63. The van der Waals surface area contributed by atoms with Crippen LogP contribution in [0.5, 0.6) is 0 Å². The lowest BCUT2D eigenvalue weighted by molar-refractivity contribution is 0.411. The smallest absolute Gasteiger partial charge is 0.229 e. The predicted octanol–water partition coefficient (Wildman–Crippen LogP) is 2.65. The largest absolute Gasteiger partial charge is 0.284 e. The summed E-state index contributed by atoms with van der Waals surface area (Å²) in [6.45, 7) is 6.53. The third-order valence-electron chi connectivity index (χ3n) is 1.99. The molecule has 0 unspecified atom stereocenters. The van der Waals surface area contributed by atoms with Crippen LogP contribution in [0.15, 0.2) is 24.3 Å².